The predicted molar refractivity (Wildman–Crippen MR) is 82.0 cm³/mol. The molecule has 0 saturated heterocycles. The summed E-state index contributed by atoms with van der Waals surface area (Å²) in [4.78, 5) is 12.4. The quantitative estimate of drug-likeness (QED) is 0.662. The van der Waals surface area contributed by atoms with Crippen LogP contribution in [-0.2, 0) is 11.2 Å². The van der Waals surface area contributed by atoms with E-state index in [2.05, 4.69) is 19.6 Å². The summed E-state index contributed by atoms with van der Waals surface area (Å²) >= 11 is 4.40. The lowest BCUT2D eigenvalue weighted by atomic mass is 10.1. The number of ether oxygens (including phenoxy) is 2. The number of aryl methyl sites for hydroxylation is 1. The molecule has 0 atom stereocenters. The van der Waals surface area contributed by atoms with Gasteiger partial charge in [0.1, 0.15) is 5.75 Å². The molecule has 0 aromatic carbocycles. The van der Waals surface area contributed by atoms with E-state index >= 15 is 0 Å². The van der Waals surface area contributed by atoms with Gasteiger partial charge in [0, 0.05) is 10.5 Å². The minimum Gasteiger partial charge on any atom is -0.434 e. The first kappa shape index (κ1) is 14.7. The van der Waals surface area contributed by atoms with E-state index in [4.69, 9.17) is 9.47 Å². The van der Waals surface area contributed by atoms with Gasteiger partial charge in [0.2, 0.25) is 0 Å². The maximum absolute atomic E-state index is 11.5. The summed E-state index contributed by atoms with van der Waals surface area (Å²) in [6.45, 7) is 4.17. The Hall–Kier alpha value is -1.68. The van der Waals surface area contributed by atoms with E-state index in [9.17, 15) is 4.79 Å². The zero-order valence-corrected chi connectivity index (χ0v) is 12.6. The molecule has 0 saturated carbocycles. The fourth-order valence-corrected chi connectivity index (χ4v) is 2.41. The van der Waals surface area contributed by atoms with Gasteiger partial charge in [-0.25, -0.2) is 4.79 Å². The molecule has 0 radical (unpaired) electrons. The second-order valence-corrected chi connectivity index (χ2v) is 5.01. The van der Waals surface area contributed by atoms with Crippen LogP contribution in [0.5, 0.6) is 5.75 Å². The number of carbonyl (C=O) groups is 1. The molecule has 0 bridgehead atoms. The smallest absolute Gasteiger partial charge is 0.434 e. The van der Waals surface area contributed by atoms with E-state index in [1.165, 1.54) is 0 Å². The first-order valence-electron chi connectivity index (χ1n) is 6.75. The van der Waals surface area contributed by atoms with Crippen molar-refractivity contribution in [1.29, 1.82) is 0 Å². The van der Waals surface area contributed by atoms with Gasteiger partial charge < -0.3 is 9.47 Å². The summed E-state index contributed by atoms with van der Waals surface area (Å²) in [6.07, 6.45) is 1.29. The van der Waals surface area contributed by atoms with E-state index in [-0.39, 0.29) is 0 Å². The first-order chi connectivity index (χ1) is 9.65. The van der Waals surface area contributed by atoms with Gasteiger partial charge in [-0.15, -0.1) is 12.6 Å². The number of carbonyl (C=O) groups excluding carboxylic acids is 1. The zero-order chi connectivity index (χ0) is 14.5. The molecular weight excluding hydrogens is 272 g/mol. The highest BCUT2D eigenvalue weighted by atomic mass is 32.1. The third-order valence-electron chi connectivity index (χ3n) is 3.00. The van der Waals surface area contributed by atoms with E-state index < -0.39 is 6.16 Å². The van der Waals surface area contributed by atoms with Gasteiger partial charge in [-0.3, -0.25) is 0 Å². The second-order valence-electron chi connectivity index (χ2n) is 4.49. The Balaban J connectivity index is 2.42. The third-order valence-corrected chi connectivity index (χ3v) is 3.28. The fraction of sp³-hybridized carbons (Fsp3) is 0.312. The van der Waals surface area contributed by atoms with Gasteiger partial charge in [0.15, 0.2) is 0 Å². The van der Waals surface area contributed by atoms with Gasteiger partial charge >= 0.3 is 6.16 Å². The molecule has 3 nitrogen and oxygen atoms in total. The Labute approximate surface area is 124 Å². The molecule has 4 heteroatoms. The molecule has 2 aliphatic rings. The largest absolute Gasteiger partial charge is 0.513 e. The highest BCUT2D eigenvalue weighted by Gasteiger charge is 2.18. The van der Waals surface area contributed by atoms with Crippen LogP contribution in [0.15, 0.2) is 35.2 Å². The van der Waals surface area contributed by atoms with Crippen LogP contribution < -0.4 is 4.74 Å². The molecule has 106 valence electrons. The Kier molecular flexibility index (Phi) is 4.90. The normalized spacial score (nSPS) is 10.6. The van der Waals surface area contributed by atoms with E-state index in [1.54, 1.807) is 6.92 Å². The molecule has 2 aliphatic carbocycles. The molecule has 0 N–H and O–H groups in total. The summed E-state index contributed by atoms with van der Waals surface area (Å²) in [7, 11) is 0. The molecule has 0 fully saturated rings. The zero-order valence-electron chi connectivity index (χ0n) is 11.7. The van der Waals surface area contributed by atoms with Crippen molar-refractivity contribution in [3.63, 3.8) is 0 Å². The average molecular weight is 290 g/mol. The van der Waals surface area contributed by atoms with Crippen molar-refractivity contribution in [2.45, 2.75) is 31.6 Å². The monoisotopic (exact) mass is 290 g/mol. The topological polar surface area (TPSA) is 35.5 Å². The lowest BCUT2D eigenvalue weighted by Gasteiger charge is -2.03. The van der Waals surface area contributed by atoms with Gasteiger partial charge in [0.25, 0.3) is 0 Å². The molecule has 2 rings (SSSR count). The standard InChI is InChI=1S/C16H18O3S/c1-3-6-11-9-15(19-16(17)18-4-2)13-8-5-7-12(20)10-14(11)13/h5,7-10,20H,3-4,6H2,1-2H3. The van der Waals surface area contributed by atoms with Crippen molar-refractivity contribution < 1.29 is 14.3 Å². The van der Waals surface area contributed by atoms with Gasteiger partial charge in [-0.1, -0.05) is 25.5 Å². The summed E-state index contributed by atoms with van der Waals surface area (Å²) in [5.41, 5.74) is 3.14. The third kappa shape index (κ3) is 3.25. The lowest BCUT2D eigenvalue weighted by molar-refractivity contribution is 0.104. The number of hydrogen-bond acceptors (Lipinski definition) is 4. The minimum atomic E-state index is -0.667. The van der Waals surface area contributed by atoms with Gasteiger partial charge in [-0.2, -0.15) is 0 Å². The average Bonchev–Trinajstić information content (AvgIpc) is 2.59. The van der Waals surface area contributed by atoms with Crippen LogP contribution in [0.2, 0.25) is 0 Å². The molecule has 0 spiro atoms. The van der Waals surface area contributed by atoms with Gasteiger partial charge in [-0.05, 0) is 42.7 Å². The Bertz CT molecular complexity index is 580. The van der Waals surface area contributed by atoms with Crippen LogP contribution in [0, 0.1) is 0 Å². The molecule has 0 aromatic heterocycles. The van der Waals surface area contributed by atoms with Crippen LogP contribution in [0.3, 0.4) is 0 Å². The van der Waals surface area contributed by atoms with Crippen molar-refractivity contribution in [2.24, 2.45) is 0 Å². The van der Waals surface area contributed by atoms with Crippen LogP contribution >= 0.6 is 12.6 Å². The van der Waals surface area contributed by atoms with Gasteiger partial charge in [0.05, 0.1) is 6.61 Å². The van der Waals surface area contributed by atoms with Crippen LogP contribution in [0.4, 0.5) is 4.79 Å². The highest BCUT2D eigenvalue weighted by molar-refractivity contribution is 7.80. The second kappa shape index (κ2) is 6.66. The maximum atomic E-state index is 11.5. The summed E-state index contributed by atoms with van der Waals surface area (Å²) in [5.74, 6) is 0.547. The molecule has 0 heterocycles. The fourth-order valence-electron chi connectivity index (χ4n) is 2.20. The molecule has 0 aliphatic heterocycles. The molecule has 20 heavy (non-hydrogen) atoms. The van der Waals surface area contributed by atoms with Crippen molar-refractivity contribution in [3.8, 4) is 16.9 Å². The van der Waals surface area contributed by atoms with Crippen LogP contribution in [0.1, 0.15) is 25.8 Å². The Morgan fingerprint density at radius 1 is 1.20 bits per heavy atom. The maximum Gasteiger partial charge on any atom is 0.513 e. The predicted octanol–water partition coefficient (Wildman–Crippen LogP) is 4.57. The van der Waals surface area contributed by atoms with E-state index in [1.807, 2.05) is 30.3 Å². The SMILES string of the molecule is CCCc1cc(OC(=O)OCC)c2cccc(S)cc1-2. The Morgan fingerprint density at radius 3 is 2.70 bits per heavy atom. The van der Waals surface area contributed by atoms with E-state index in [0.717, 1.165) is 34.4 Å². The van der Waals surface area contributed by atoms with E-state index in [0.29, 0.717) is 12.4 Å². The summed E-state index contributed by atoms with van der Waals surface area (Å²) < 4.78 is 10.1. The molecule has 0 unspecified atom stereocenters. The number of fused-ring (bicyclic) bond motifs is 1. The van der Waals surface area contributed by atoms with Crippen molar-refractivity contribution in [2.75, 3.05) is 6.61 Å². The van der Waals surface area contributed by atoms with Crippen LogP contribution in [0.25, 0.3) is 11.1 Å². The molecule has 0 amide bonds. The van der Waals surface area contributed by atoms with Crippen molar-refractivity contribution in [1.82, 2.24) is 0 Å². The summed E-state index contributed by atoms with van der Waals surface area (Å²) in [6, 6.07) is 9.66. The highest BCUT2D eigenvalue weighted by Crippen LogP contribution is 2.39. The number of rotatable bonds is 4. The molecular formula is C16H18O3S. The van der Waals surface area contributed by atoms with Crippen LogP contribution in [-0.4, -0.2) is 12.8 Å². The lowest BCUT2D eigenvalue weighted by Crippen LogP contribution is -2.09. The van der Waals surface area contributed by atoms with Crippen molar-refractivity contribution in [3.05, 3.63) is 35.9 Å². The summed E-state index contributed by atoms with van der Waals surface area (Å²) in [5, 5.41) is 0. The number of thiol groups is 1. The number of hydrogen-bond donors (Lipinski definition) is 1. The minimum absolute atomic E-state index is 0.299. The molecule has 0 aromatic rings. The Morgan fingerprint density at radius 2 is 2.00 bits per heavy atom. The van der Waals surface area contributed by atoms with Crippen molar-refractivity contribution >= 4 is 18.8 Å². The first-order valence-corrected chi connectivity index (χ1v) is 7.19.